The lowest BCUT2D eigenvalue weighted by Gasteiger charge is -2.30. The summed E-state index contributed by atoms with van der Waals surface area (Å²) in [7, 11) is 0. The summed E-state index contributed by atoms with van der Waals surface area (Å²) in [5.74, 6) is -0.108. The van der Waals surface area contributed by atoms with E-state index in [1.54, 1.807) is 9.13 Å². The number of hydrogen-bond acceptors (Lipinski definition) is 2. The number of nitrogens with one attached hydrogen (secondary N) is 1. The summed E-state index contributed by atoms with van der Waals surface area (Å²) < 4.78 is 3.29. The number of imidazole rings is 1. The van der Waals surface area contributed by atoms with Crippen molar-refractivity contribution in [3.63, 3.8) is 0 Å². The van der Waals surface area contributed by atoms with E-state index in [1.807, 2.05) is 37.3 Å². The molecule has 0 bridgehead atoms. The molecule has 1 fully saturated rings. The highest BCUT2D eigenvalue weighted by Crippen LogP contribution is 2.40. The fourth-order valence-corrected chi connectivity index (χ4v) is 4.61. The van der Waals surface area contributed by atoms with Gasteiger partial charge in [-0.25, -0.2) is 4.79 Å². The van der Waals surface area contributed by atoms with Crippen LogP contribution in [0.2, 0.25) is 0 Å². The lowest BCUT2D eigenvalue weighted by molar-refractivity contribution is -0.121. The summed E-state index contributed by atoms with van der Waals surface area (Å²) in [6, 6.07) is 18.1. The van der Waals surface area contributed by atoms with Crippen LogP contribution in [0.4, 0.5) is 0 Å². The molecule has 0 aliphatic heterocycles. The molecule has 4 rings (SSSR count). The van der Waals surface area contributed by atoms with Gasteiger partial charge in [0, 0.05) is 18.5 Å². The Balaban J connectivity index is 1.53. The highest BCUT2D eigenvalue weighted by atomic mass is 16.2. The van der Waals surface area contributed by atoms with E-state index in [-0.39, 0.29) is 23.6 Å². The van der Waals surface area contributed by atoms with Crippen molar-refractivity contribution in [2.24, 2.45) is 0 Å². The Bertz CT molecular complexity index is 1030. The molecule has 5 heteroatoms. The minimum Gasteiger partial charge on any atom is -0.354 e. The average molecular weight is 377 g/mol. The van der Waals surface area contributed by atoms with E-state index in [1.165, 1.54) is 18.4 Å². The maximum absolute atomic E-state index is 12.8. The largest absolute Gasteiger partial charge is 0.354 e. The summed E-state index contributed by atoms with van der Waals surface area (Å²) in [5.41, 5.74) is 2.87. The lowest BCUT2D eigenvalue weighted by Crippen LogP contribution is -2.41. The number of carbonyl (C=O) groups excluding carboxylic acids is 1. The summed E-state index contributed by atoms with van der Waals surface area (Å²) in [6.07, 6.45) is 4.56. The second-order valence-corrected chi connectivity index (χ2v) is 7.73. The second-order valence-electron chi connectivity index (χ2n) is 7.73. The van der Waals surface area contributed by atoms with E-state index in [9.17, 15) is 9.59 Å². The number of nitrogens with zero attached hydrogens (tertiary/aromatic N) is 2. The van der Waals surface area contributed by atoms with Crippen molar-refractivity contribution < 1.29 is 4.79 Å². The normalized spacial score (nSPS) is 15.8. The molecule has 1 aliphatic carbocycles. The van der Waals surface area contributed by atoms with Gasteiger partial charge in [-0.3, -0.25) is 13.9 Å². The molecule has 28 heavy (non-hydrogen) atoms. The fraction of sp³-hybridized carbons (Fsp3) is 0.391. The Hall–Kier alpha value is -2.82. The highest BCUT2D eigenvalue weighted by Gasteiger charge is 2.35. The Morgan fingerprint density at radius 2 is 1.57 bits per heavy atom. The summed E-state index contributed by atoms with van der Waals surface area (Å²) in [5, 5.41) is 3.12. The van der Waals surface area contributed by atoms with E-state index < -0.39 is 0 Å². The van der Waals surface area contributed by atoms with E-state index in [0.29, 0.717) is 13.1 Å². The molecule has 1 N–H and O–H groups in total. The van der Waals surface area contributed by atoms with Gasteiger partial charge < -0.3 is 5.32 Å². The van der Waals surface area contributed by atoms with Gasteiger partial charge in [0.2, 0.25) is 5.91 Å². The van der Waals surface area contributed by atoms with E-state index in [2.05, 4.69) is 29.6 Å². The molecule has 1 heterocycles. The third kappa shape index (κ3) is 3.26. The first-order valence-corrected chi connectivity index (χ1v) is 10.1. The molecule has 146 valence electrons. The van der Waals surface area contributed by atoms with Gasteiger partial charge in [0.05, 0.1) is 11.0 Å². The molecule has 0 spiro atoms. The van der Waals surface area contributed by atoms with Gasteiger partial charge >= 0.3 is 5.69 Å². The molecule has 0 radical (unpaired) electrons. The smallest absolute Gasteiger partial charge is 0.329 e. The Labute approximate surface area is 165 Å². The minimum atomic E-state index is -0.127. The topological polar surface area (TPSA) is 56.0 Å². The van der Waals surface area contributed by atoms with Crippen molar-refractivity contribution in [1.29, 1.82) is 0 Å². The third-order valence-corrected chi connectivity index (χ3v) is 6.11. The highest BCUT2D eigenvalue weighted by molar-refractivity contribution is 5.81. The number of aromatic nitrogens is 2. The molecule has 1 saturated carbocycles. The van der Waals surface area contributed by atoms with Crippen LogP contribution in [0.15, 0.2) is 59.4 Å². The van der Waals surface area contributed by atoms with Crippen LogP contribution in [0.3, 0.4) is 0 Å². The van der Waals surface area contributed by atoms with Gasteiger partial charge in [-0.1, -0.05) is 55.3 Å². The number of para-hydroxylation sites is 2. The van der Waals surface area contributed by atoms with Gasteiger partial charge in [0.15, 0.2) is 0 Å². The molecular weight excluding hydrogens is 350 g/mol. The first-order valence-electron chi connectivity index (χ1n) is 10.1. The van der Waals surface area contributed by atoms with E-state index in [4.69, 9.17) is 0 Å². The Kier molecular flexibility index (Phi) is 5.07. The Morgan fingerprint density at radius 3 is 2.21 bits per heavy atom. The third-order valence-electron chi connectivity index (χ3n) is 6.11. The zero-order chi connectivity index (χ0) is 19.6. The predicted molar refractivity (Wildman–Crippen MR) is 111 cm³/mol. The van der Waals surface area contributed by atoms with E-state index in [0.717, 1.165) is 23.9 Å². The standard InChI is InChI=1S/C23H27N3O2/c1-2-25-19-12-6-7-13-20(19)26(22(25)28)16-21(27)24-17-23(14-8-9-15-23)18-10-4-3-5-11-18/h3-7,10-13H,2,8-9,14-17H2,1H3,(H,24,27). The number of carbonyl (C=O) groups is 1. The lowest BCUT2D eigenvalue weighted by atomic mass is 9.79. The van der Waals surface area contributed by atoms with Crippen LogP contribution in [0.25, 0.3) is 11.0 Å². The minimum absolute atomic E-state index is 0.0132. The molecule has 5 nitrogen and oxygen atoms in total. The van der Waals surface area contributed by atoms with Crippen LogP contribution in [0.1, 0.15) is 38.2 Å². The van der Waals surface area contributed by atoms with Crippen molar-refractivity contribution >= 4 is 16.9 Å². The molecule has 2 aromatic carbocycles. The summed E-state index contributed by atoms with van der Waals surface area (Å²) in [6.45, 7) is 3.21. The van der Waals surface area contributed by atoms with Gasteiger partial charge in [0.25, 0.3) is 0 Å². The molecule has 0 atom stereocenters. The number of hydrogen-bond donors (Lipinski definition) is 1. The SMILES string of the molecule is CCn1c(=O)n(CC(=O)NCC2(c3ccccc3)CCCC2)c2ccccc21. The molecule has 1 aromatic heterocycles. The van der Waals surface area contributed by atoms with Crippen molar-refractivity contribution in [3.05, 3.63) is 70.6 Å². The quantitative estimate of drug-likeness (QED) is 0.715. The molecule has 0 saturated heterocycles. The first kappa shape index (κ1) is 18.5. The second kappa shape index (κ2) is 7.66. The maximum Gasteiger partial charge on any atom is 0.329 e. The maximum atomic E-state index is 12.8. The van der Waals surface area contributed by atoms with Crippen LogP contribution in [-0.2, 0) is 23.3 Å². The number of benzene rings is 2. The molecule has 3 aromatic rings. The number of amides is 1. The summed E-state index contributed by atoms with van der Waals surface area (Å²) >= 11 is 0. The van der Waals surface area contributed by atoms with Crippen molar-refractivity contribution in [2.75, 3.05) is 6.54 Å². The van der Waals surface area contributed by atoms with Crippen molar-refractivity contribution in [2.45, 2.75) is 51.1 Å². The van der Waals surface area contributed by atoms with Crippen LogP contribution >= 0.6 is 0 Å². The predicted octanol–water partition coefficient (Wildman–Crippen LogP) is 3.45. The monoisotopic (exact) mass is 377 g/mol. The van der Waals surface area contributed by atoms with Gasteiger partial charge in [-0.15, -0.1) is 0 Å². The van der Waals surface area contributed by atoms with Gasteiger partial charge in [-0.05, 0) is 37.5 Å². The molecule has 1 amide bonds. The van der Waals surface area contributed by atoms with E-state index >= 15 is 0 Å². The zero-order valence-corrected chi connectivity index (χ0v) is 16.4. The molecule has 1 aliphatic rings. The average Bonchev–Trinajstić information content (AvgIpc) is 3.31. The van der Waals surface area contributed by atoms with Gasteiger partial charge in [-0.2, -0.15) is 0 Å². The van der Waals surface area contributed by atoms with Crippen molar-refractivity contribution in [1.82, 2.24) is 14.5 Å². The van der Waals surface area contributed by atoms with Crippen LogP contribution in [0, 0.1) is 0 Å². The molecular formula is C23H27N3O2. The Morgan fingerprint density at radius 1 is 0.964 bits per heavy atom. The number of fused-ring (bicyclic) bond motifs is 1. The van der Waals surface area contributed by atoms with Gasteiger partial charge in [0.1, 0.15) is 6.54 Å². The zero-order valence-electron chi connectivity index (χ0n) is 16.4. The number of rotatable bonds is 6. The van der Waals surface area contributed by atoms with Crippen LogP contribution in [-0.4, -0.2) is 21.6 Å². The number of aryl methyl sites for hydroxylation is 1. The van der Waals surface area contributed by atoms with Crippen LogP contribution in [0.5, 0.6) is 0 Å². The molecule has 0 unspecified atom stereocenters. The van der Waals surface area contributed by atoms with Crippen molar-refractivity contribution in [3.8, 4) is 0 Å². The fourth-order valence-electron chi connectivity index (χ4n) is 4.61. The first-order chi connectivity index (χ1) is 13.6. The summed E-state index contributed by atoms with van der Waals surface area (Å²) in [4.78, 5) is 25.5. The van der Waals surface area contributed by atoms with Crippen LogP contribution < -0.4 is 11.0 Å².